The Labute approximate surface area is 80.3 Å². The van der Waals surface area contributed by atoms with E-state index in [9.17, 15) is 9.18 Å². The number of hydrogen-bond acceptors (Lipinski definition) is 1. The molecule has 0 unspecified atom stereocenters. The van der Waals surface area contributed by atoms with Crippen molar-refractivity contribution >= 4 is 16.8 Å². The smallest absolute Gasteiger partial charge is 0.254 e. The molecule has 0 aliphatic rings. The van der Waals surface area contributed by atoms with Crippen molar-refractivity contribution in [3.05, 3.63) is 48.9 Å². The summed E-state index contributed by atoms with van der Waals surface area (Å²) in [4.78, 5) is 11.3. The highest BCUT2D eigenvalue weighted by molar-refractivity contribution is 5.97. The molecule has 1 heterocycles. The maximum atomic E-state index is 12.8. The summed E-state index contributed by atoms with van der Waals surface area (Å²) in [5.74, 6) is -0.520. The summed E-state index contributed by atoms with van der Waals surface area (Å²) in [6.07, 6.45) is 2.83. The quantitative estimate of drug-likeness (QED) is 0.632. The highest BCUT2D eigenvalue weighted by Crippen LogP contribution is 2.16. The van der Waals surface area contributed by atoms with E-state index in [0.717, 1.165) is 0 Å². The zero-order chi connectivity index (χ0) is 10.1. The van der Waals surface area contributed by atoms with Gasteiger partial charge < -0.3 is 0 Å². The van der Waals surface area contributed by atoms with Crippen LogP contribution in [-0.2, 0) is 0 Å². The SMILES string of the molecule is C=CC(=O)n1ccc2cc(F)ccc21. The maximum absolute atomic E-state index is 12.8. The van der Waals surface area contributed by atoms with Gasteiger partial charge in [0.15, 0.2) is 0 Å². The summed E-state index contributed by atoms with van der Waals surface area (Å²) < 4.78 is 14.2. The van der Waals surface area contributed by atoms with E-state index in [1.54, 1.807) is 18.3 Å². The van der Waals surface area contributed by atoms with Crippen LogP contribution < -0.4 is 0 Å². The van der Waals surface area contributed by atoms with Crippen LogP contribution in [0.2, 0.25) is 0 Å². The Morgan fingerprint density at radius 2 is 2.21 bits per heavy atom. The second-order valence-corrected chi connectivity index (χ2v) is 2.93. The molecule has 0 bridgehead atoms. The third-order valence-electron chi connectivity index (χ3n) is 2.06. The van der Waals surface area contributed by atoms with Crippen LogP contribution in [0.1, 0.15) is 4.79 Å². The van der Waals surface area contributed by atoms with Crippen molar-refractivity contribution in [1.82, 2.24) is 4.57 Å². The molecule has 70 valence electrons. The first-order valence-electron chi connectivity index (χ1n) is 4.16. The summed E-state index contributed by atoms with van der Waals surface area (Å²) in [6.45, 7) is 3.40. The number of halogens is 1. The minimum absolute atomic E-state index is 0.216. The Morgan fingerprint density at radius 1 is 1.43 bits per heavy atom. The van der Waals surface area contributed by atoms with Crippen LogP contribution in [0, 0.1) is 5.82 Å². The Balaban J connectivity index is 2.69. The van der Waals surface area contributed by atoms with Crippen LogP contribution in [0.15, 0.2) is 43.1 Å². The van der Waals surface area contributed by atoms with Crippen LogP contribution in [0.25, 0.3) is 10.9 Å². The number of hydrogen-bond donors (Lipinski definition) is 0. The zero-order valence-corrected chi connectivity index (χ0v) is 7.40. The molecule has 14 heavy (non-hydrogen) atoms. The van der Waals surface area contributed by atoms with E-state index < -0.39 is 0 Å². The maximum Gasteiger partial charge on any atom is 0.254 e. The fourth-order valence-electron chi connectivity index (χ4n) is 1.40. The number of rotatable bonds is 1. The van der Waals surface area contributed by atoms with Gasteiger partial charge in [-0.15, -0.1) is 0 Å². The Morgan fingerprint density at radius 3 is 2.93 bits per heavy atom. The molecule has 0 aliphatic carbocycles. The van der Waals surface area contributed by atoms with Crippen molar-refractivity contribution in [2.45, 2.75) is 0 Å². The first-order valence-corrected chi connectivity index (χ1v) is 4.16. The minimum atomic E-state index is -0.304. The lowest BCUT2D eigenvalue weighted by atomic mass is 10.2. The summed E-state index contributed by atoms with van der Waals surface area (Å²) >= 11 is 0. The molecule has 0 aliphatic heterocycles. The average Bonchev–Trinajstić information content (AvgIpc) is 2.59. The van der Waals surface area contributed by atoms with Crippen molar-refractivity contribution in [2.75, 3.05) is 0 Å². The van der Waals surface area contributed by atoms with Gasteiger partial charge in [0, 0.05) is 11.6 Å². The van der Waals surface area contributed by atoms with Gasteiger partial charge in [-0.05, 0) is 30.3 Å². The van der Waals surface area contributed by atoms with E-state index in [0.29, 0.717) is 10.9 Å². The van der Waals surface area contributed by atoms with E-state index in [1.165, 1.54) is 22.8 Å². The monoisotopic (exact) mass is 189 g/mol. The molecule has 0 saturated heterocycles. The van der Waals surface area contributed by atoms with Crippen molar-refractivity contribution in [1.29, 1.82) is 0 Å². The molecule has 0 N–H and O–H groups in total. The van der Waals surface area contributed by atoms with Gasteiger partial charge in [0.05, 0.1) is 5.52 Å². The Hall–Kier alpha value is -1.90. The van der Waals surface area contributed by atoms with Crippen LogP contribution in [-0.4, -0.2) is 10.5 Å². The number of aromatic nitrogens is 1. The predicted octanol–water partition coefficient (Wildman–Crippen LogP) is 2.61. The first kappa shape index (κ1) is 8.69. The van der Waals surface area contributed by atoms with Crippen molar-refractivity contribution in [2.24, 2.45) is 0 Å². The lowest BCUT2D eigenvalue weighted by Crippen LogP contribution is -2.04. The fraction of sp³-hybridized carbons (Fsp3) is 0. The standard InChI is InChI=1S/C11H8FNO/c1-2-11(14)13-6-5-8-7-9(12)3-4-10(8)13/h2-7H,1H2. The third kappa shape index (κ3) is 1.23. The van der Waals surface area contributed by atoms with Gasteiger partial charge in [0.1, 0.15) is 5.82 Å². The van der Waals surface area contributed by atoms with E-state index in [2.05, 4.69) is 6.58 Å². The molecule has 0 fully saturated rings. The second kappa shape index (κ2) is 3.10. The van der Waals surface area contributed by atoms with Crippen LogP contribution >= 0.6 is 0 Å². The van der Waals surface area contributed by atoms with E-state index >= 15 is 0 Å². The van der Waals surface area contributed by atoms with E-state index in [-0.39, 0.29) is 11.7 Å². The van der Waals surface area contributed by atoms with Gasteiger partial charge in [-0.3, -0.25) is 9.36 Å². The number of benzene rings is 1. The highest BCUT2D eigenvalue weighted by Gasteiger charge is 2.05. The molecular formula is C11H8FNO. The predicted molar refractivity (Wildman–Crippen MR) is 52.7 cm³/mol. The number of carbonyl (C=O) groups is 1. The molecule has 2 rings (SSSR count). The highest BCUT2D eigenvalue weighted by atomic mass is 19.1. The Kier molecular flexibility index (Phi) is 1.93. The van der Waals surface area contributed by atoms with Gasteiger partial charge in [0.25, 0.3) is 5.91 Å². The normalized spacial score (nSPS) is 10.4. The van der Waals surface area contributed by atoms with Gasteiger partial charge in [-0.1, -0.05) is 6.58 Å². The summed E-state index contributed by atoms with van der Waals surface area (Å²) in [6, 6.07) is 5.99. The molecule has 2 aromatic rings. The van der Waals surface area contributed by atoms with Crippen LogP contribution in [0.3, 0.4) is 0 Å². The topological polar surface area (TPSA) is 22.0 Å². The van der Waals surface area contributed by atoms with E-state index in [1.807, 2.05) is 0 Å². The molecule has 0 amide bonds. The third-order valence-corrected chi connectivity index (χ3v) is 2.06. The van der Waals surface area contributed by atoms with Crippen LogP contribution in [0.5, 0.6) is 0 Å². The van der Waals surface area contributed by atoms with E-state index in [4.69, 9.17) is 0 Å². The van der Waals surface area contributed by atoms with Crippen molar-refractivity contribution in [3.63, 3.8) is 0 Å². The number of carbonyl (C=O) groups excluding carboxylic acids is 1. The molecule has 0 atom stereocenters. The van der Waals surface area contributed by atoms with Gasteiger partial charge in [-0.2, -0.15) is 0 Å². The van der Waals surface area contributed by atoms with Gasteiger partial charge >= 0.3 is 0 Å². The largest absolute Gasteiger partial charge is 0.284 e. The number of fused-ring (bicyclic) bond motifs is 1. The Bertz CT molecular complexity index is 513. The first-order chi connectivity index (χ1) is 6.72. The molecule has 1 aromatic heterocycles. The number of nitrogens with zero attached hydrogens (tertiary/aromatic N) is 1. The molecule has 0 spiro atoms. The lowest BCUT2D eigenvalue weighted by Gasteiger charge is -1.98. The van der Waals surface area contributed by atoms with Crippen molar-refractivity contribution in [3.8, 4) is 0 Å². The lowest BCUT2D eigenvalue weighted by molar-refractivity contribution is 0.0974. The number of allylic oxidation sites excluding steroid dienone is 1. The zero-order valence-electron chi connectivity index (χ0n) is 7.40. The summed E-state index contributed by atoms with van der Waals surface area (Å²) in [5, 5.41) is 0.709. The molecule has 2 nitrogen and oxygen atoms in total. The molecule has 0 radical (unpaired) electrons. The second-order valence-electron chi connectivity index (χ2n) is 2.93. The molecule has 0 saturated carbocycles. The average molecular weight is 189 g/mol. The summed E-state index contributed by atoms with van der Waals surface area (Å²) in [5.41, 5.74) is 0.691. The molecule has 3 heteroatoms. The molecule has 1 aromatic carbocycles. The minimum Gasteiger partial charge on any atom is -0.284 e. The fourth-order valence-corrected chi connectivity index (χ4v) is 1.40. The van der Waals surface area contributed by atoms with Crippen molar-refractivity contribution < 1.29 is 9.18 Å². The van der Waals surface area contributed by atoms with Gasteiger partial charge in [-0.25, -0.2) is 4.39 Å². The van der Waals surface area contributed by atoms with Crippen LogP contribution in [0.4, 0.5) is 4.39 Å². The summed E-state index contributed by atoms with van der Waals surface area (Å²) in [7, 11) is 0. The van der Waals surface area contributed by atoms with Gasteiger partial charge in [0.2, 0.25) is 0 Å². The molecular weight excluding hydrogens is 181 g/mol.